The lowest BCUT2D eigenvalue weighted by atomic mass is 9.56. The number of unbranched alkanes of at least 4 members (excludes halogenated alkanes) is 1. The van der Waals surface area contributed by atoms with E-state index >= 15 is 4.39 Å². The van der Waals surface area contributed by atoms with Crippen molar-refractivity contribution < 1.29 is 18.3 Å². The summed E-state index contributed by atoms with van der Waals surface area (Å²) < 4.78 is 26.7. The number of rotatable bonds is 10. The van der Waals surface area contributed by atoms with Crippen LogP contribution >= 0.6 is 0 Å². The van der Waals surface area contributed by atoms with Crippen LogP contribution in [0.3, 0.4) is 0 Å². The molecule has 0 amide bonds. The van der Waals surface area contributed by atoms with Gasteiger partial charge in [0.05, 0.1) is 29.0 Å². The number of allylic oxidation sites excluding steroid dienone is 2. The molecule has 2 aromatic heterocycles. The van der Waals surface area contributed by atoms with Crippen molar-refractivity contribution in [2.45, 2.75) is 103 Å². The van der Waals surface area contributed by atoms with E-state index < -0.39 is 5.41 Å². The Morgan fingerprint density at radius 3 is 2.41 bits per heavy atom. The fourth-order valence-corrected chi connectivity index (χ4v) is 9.35. The minimum atomic E-state index is -0.460. The third-order valence-corrected chi connectivity index (χ3v) is 12.3. The summed E-state index contributed by atoms with van der Waals surface area (Å²) in [6.45, 7) is 16.6. The summed E-state index contributed by atoms with van der Waals surface area (Å²) in [5, 5.41) is 2.62. The fourth-order valence-electron chi connectivity index (χ4n) is 9.35. The molecular formula is C45H51FN2O+2. The van der Waals surface area contributed by atoms with Crippen molar-refractivity contribution in [1.82, 2.24) is 0 Å². The van der Waals surface area contributed by atoms with Crippen LogP contribution in [0.5, 0.6) is 5.75 Å². The Morgan fingerprint density at radius 1 is 0.878 bits per heavy atom. The van der Waals surface area contributed by atoms with Gasteiger partial charge in [-0.3, -0.25) is 0 Å². The highest BCUT2D eigenvalue weighted by atomic mass is 19.1. The molecule has 3 aromatic carbocycles. The van der Waals surface area contributed by atoms with Crippen LogP contribution in [0.4, 0.5) is 4.39 Å². The number of hydrogen-bond donors (Lipinski definition) is 0. The molecule has 5 aromatic rings. The third-order valence-electron chi connectivity index (χ3n) is 12.3. The number of aryl methyl sites for hydroxylation is 2. The Hall–Kier alpha value is -4.31. The molecular weight excluding hydrogens is 604 g/mol. The molecule has 252 valence electrons. The van der Waals surface area contributed by atoms with Crippen LogP contribution < -0.4 is 13.9 Å². The molecule has 2 unspecified atom stereocenters. The van der Waals surface area contributed by atoms with Crippen molar-refractivity contribution in [3.05, 3.63) is 125 Å². The molecule has 0 spiro atoms. The van der Waals surface area contributed by atoms with Crippen LogP contribution in [0.1, 0.15) is 95.0 Å². The Bertz CT molecular complexity index is 2130. The lowest BCUT2D eigenvalue weighted by Crippen LogP contribution is -2.68. The number of hydrogen-bond acceptors (Lipinski definition) is 1. The maximum Gasteiger partial charge on any atom is 0.222 e. The first-order chi connectivity index (χ1) is 23.6. The average Bonchev–Trinajstić information content (AvgIpc) is 3.11. The van der Waals surface area contributed by atoms with Gasteiger partial charge in [-0.15, -0.1) is 0 Å². The van der Waals surface area contributed by atoms with Gasteiger partial charge in [-0.25, -0.2) is 4.39 Å². The highest BCUT2D eigenvalue weighted by molar-refractivity contribution is 6.03. The molecule has 0 N–H and O–H groups in total. The summed E-state index contributed by atoms with van der Waals surface area (Å²) in [7, 11) is 1.72. The molecule has 2 atom stereocenters. The van der Waals surface area contributed by atoms with Gasteiger partial charge >= 0.3 is 0 Å². The summed E-state index contributed by atoms with van der Waals surface area (Å²) in [4.78, 5) is 0. The number of pyridine rings is 2. The number of nitrogens with zero attached hydrogens (tertiary/aromatic N) is 2. The highest BCUT2D eigenvalue weighted by Gasteiger charge is 2.60. The first-order valence-corrected chi connectivity index (χ1v) is 18.2. The van der Waals surface area contributed by atoms with E-state index in [1.165, 1.54) is 44.3 Å². The van der Waals surface area contributed by atoms with Crippen molar-refractivity contribution in [3.63, 3.8) is 0 Å². The number of ether oxygens (including phenoxy) is 1. The lowest BCUT2D eigenvalue weighted by molar-refractivity contribution is -0.755. The smallest absolute Gasteiger partial charge is 0.222 e. The van der Waals surface area contributed by atoms with Crippen LogP contribution in [-0.4, -0.2) is 7.11 Å². The first kappa shape index (κ1) is 33.2. The zero-order chi connectivity index (χ0) is 34.7. The van der Waals surface area contributed by atoms with Gasteiger partial charge in [0.1, 0.15) is 11.6 Å². The van der Waals surface area contributed by atoms with Gasteiger partial charge in [0.25, 0.3) is 0 Å². The van der Waals surface area contributed by atoms with Gasteiger partial charge < -0.3 is 4.74 Å². The number of aromatic nitrogens is 2. The van der Waals surface area contributed by atoms with Crippen LogP contribution in [0, 0.1) is 12.7 Å². The molecule has 0 saturated heterocycles. The Balaban J connectivity index is 1.46. The third kappa shape index (κ3) is 4.73. The van der Waals surface area contributed by atoms with Crippen molar-refractivity contribution >= 4 is 10.8 Å². The molecule has 4 heteroatoms. The standard InChI is InChI=1S/C45H51FN2O/c1-9-12-16-31-19-21-35-39-33(31)24-28-48-42(39)40-36(22-23-37(46)41(40)43(35,5)6)44(7,10-2)45(48,11-3)25-15-27-47-26-14-13-17-38(47)34-29-32(49-8)20-18-30(34)4/h13-15,17-26,28-29H,9-12,16,27H2,1-8H3/q+2. The SMILES string of the molecule is CCCCc1ccc2c3c4[n+](ccc13)C(C=CC[n+]1ccccc1-c1cc(OC)ccc1C)(CC)C(C)(CC)c1ccc(F)c(c1-4)C2(C)C. The van der Waals surface area contributed by atoms with E-state index in [0.29, 0.717) is 0 Å². The van der Waals surface area contributed by atoms with Gasteiger partial charge in [-0.05, 0) is 97.2 Å². The van der Waals surface area contributed by atoms with Crippen LogP contribution in [0.15, 0.2) is 91.3 Å². The van der Waals surface area contributed by atoms with Crippen LogP contribution in [0.25, 0.3) is 33.3 Å². The molecule has 0 radical (unpaired) electrons. The zero-order valence-corrected chi connectivity index (χ0v) is 30.6. The Morgan fingerprint density at radius 2 is 1.67 bits per heavy atom. The van der Waals surface area contributed by atoms with Gasteiger partial charge in [0, 0.05) is 35.6 Å². The second-order valence-electron chi connectivity index (χ2n) is 15.0. The zero-order valence-electron chi connectivity index (χ0n) is 30.6. The first-order valence-electron chi connectivity index (χ1n) is 18.2. The number of benzene rings is 3. The van der Waals surface area contributed by atoms with E-state index in [4.69, 9.17) is 4.74 Å². The van der Waals surface area contributed by atoms with Crippen molar-refractivity contribution in [2.75, 3.05) is 7.11 Å². The Labute approximate surface area is 292 Å². The van der Waals surface area contributed by atoms with E-state index in [1.54, 1.807) is 13.2 Å². The van der Waals surface area contributed by atoms with Gasteiger partial charge in [0.2, 0.25) is 11.4 Å². The van der Waals surface area contributed by atoms with Crippen molar-refractivity contribution in [1.29, 1.82) is 0 Å². The predicted molar refractivity (Wildman–Crippen MR) is 199 cm³/mol. The summed E-state index contributed by atoms with van der Waals surface area (Å²) in [5.41, 5.74) is 9.46. The largest absolute Gasteiger partial charge is 0.497 e. The second-order valence-corrected chi connectivity index (χ2v) is 15.0. The molecule has 7 rings (SSSR count). The molecule has 0 fully saturated rings. The molecule has 2 aliphatic rings. The summed E-state index contributed by atoms with van der Waals surface area (Å²) in [6.07, 6.45) is 14.5. The number of methoxy groups -OCH3 is 1. The molecule has 3 heterocycles. The van der Waals surface area contributed by atoms with Crippen LogP contribution in [-0.2, 0) is 29.3 Å². The molecule has 1 aliphatic carbocycles. The van der Waals surface area contributed by atoms with Crippen molar-refractivity contribution in [3.8, 4) is 28.3 Å². The molecule has 0 saturated carbocycles. The molecule has 49 heavy (non-hydrogen) atoms. The normalized spacial score (nSPS) is 20.3. The predicted octanol–water partition coefficient (Wildman–Crippen LogP) is 10.2. The highest BCUT2D eigenvalue weighted by Crippen LogP contribution is 2.58. The van der Waals surface area contributed by atoms with E-state index in [1.807, 2.05) is 6.07 Å². The van der Waals surface area contributed by atoms with E-state index in [0.717, 1.165) is 61.2 Å². The van der Waals surface area contributed by atoms with E-state index in [-0.39, 0.29) is 16.8 Å². The van der Waals surface area contributed by atoms with Crippen molar-refractivity contribution in [2.24, 2.45) is 0 Å². The Kier molecular flexibility index (Phi) is 8.29. The van der Waals surface area contributed by atoms with Gasteiger partial charge in [-0.2, -0.15) is 9.13 Å². The quantitative estimate of drug-likeness (QED) is 0.108. The summed E-state index contributed by atoms with van der Waals surface area (Å²) >= 11 is 0. The number of halogens is 1. The topological polar surface area (TPSA) is 17.0 Å². The van der Waals surface area contributed by atoms with E-state index in [9.17, 15) is 0 Å². The lowest BCUT2D eigenvalue weighted by Gasteiger charge is -2.49. The minimum absolute atomic E-state index is 0.105. The minimum Gasteiger partial charge on any atom is -0.497 e. The van der Waals surface area contributed by atoms with Gasteiger partial charge in [-0.1, -0.05) is 65.3 Å². The second kappa shape index (κ2) is 12.2. The molecule has 0 bridgehead atoms. The van der Waals surface area contributed by atoms with E-state index in [2.05, 4.69) is 137 Å². The monoisotopic (exact) mass is 654 g/mol. The maximum absolute atomic E-state index is 16.3. The summed E-state index contributed by atoms with van der Waals surface area (Å²) in [5.74, 6) is 0.751. The summed E-state index contributed by atoms with van der Waals surface area (Å²) in [6, 6.07) is 23.5. The van der Waals surface area contributed by atoms with Crippen LogP contribution in [0.2, 0.25) is 0 Å². The van der Waals surface area contributed by atoms with Gasteiger partial charge in [0.15, 0.2) is 24.5 Å². The maximum atomic E-state index is 16.3. The fraction of sp³-hybridized carbons (Fsp3) is 0.378. The molecule has 3 nitrogen and oxygen atoms in total. The average molecular weight is 655 g/mol. The molecule has 1 aliphatic heterocycles.